The third-order valence-electron chi connectivity index (χ3n) is 6.96. The van der Waals surface area contributed by atoms with E-state index in [0.717, 1.165) is 25.0 Å². The van der Waals surface area contributed by atoms with Gasteiger partial charge in [0.25, 0.3) is 0 Å². The Hall–Kier alpha value is -1.43. The average Bonchev–Trinajstić information content (AvgIpc) is 2.90. The van der Waals surface area contributed by atoms with Gasteiger partial charge < -0.3 is 19.8 Å². The third kappa shape index (κ3) is 1.46. The first kappa shape index (κ1) is 14.9. The Labute approximate surface area is 141 Å². The molecule has 5 aliphatic rings. The van der Waals surface area contributed by atoms with Crippen molar-refractivity contribution in [3.05, 3.63) is 42.1 Å². The lowest BCUT2D eigenvalue weighted by Gasteiger charge is -2.58. The van der Waals surface area contributed by atoms with Crippen molar-refractivity contribution >= 4 is 5.78 Å². The molecular formula is C19H22NO4. The molecule has 2 fully saturated rings. The normalized spacial score (nSPS) is 48.8. The van der Waals surface area contributed by atoms with E-state index < -0.39 is 23.6 Å². The maximum absolute atomic E-state index is 12.1. The molecule has 2 aliphatic heterocycles. The van der Waals surface area contributed by atoms with Gasteiger partial charge in [0.1, 0.15) is 18.0 Å². The van der Waals surface area contributed by atoms with Crippen molar-refractivity contribution in [1.29, 1.82) is 0 Å². The summed E-state index contributed by atoms with van der Waals surface area (Å²) in [6, 6.07) is 0.365. The van der Waals surface area contributed by atoms with Gasteiger partial charge in [0.2, 0.25) is 0 Å². The van der Waals surface area contributed by atoms with Gasteiger partial charge in [-0.05, 0) is 32.0 Å². The largest absolute Gasteiger partial charge is 0.487 e. The molecule has 0 aromatic rings. The number of carbonyl (C=O) groups is 1. The van der Waals surface area contributed by atoms with Gasteiger partial charge in [-0.15, -0.1) is 0 Å². The highest BCUT2D eigenvalue weighted by atomic mass is 16.5. The van der Waals surface area contributed by atoms with Crippen LogP contribution in [0, 0.1) is 18.3 Å². The number of ether oxygens (including phenoxy) is 1. The number of Topliss-reactive ketones (excluding diaryl/α,β-unsaturated/α-hetero) is 1. The van der Waals surface area contributed by atoms with E-state index in [2.05, 4.69) is 24.9 Å². The Bertz CT molecular complexity index is 738. The van der Waals surface area contributed by atoms with Crippen LogP contribution < -0.4 is 0 Å². The number of aliphatic hydroxyl groups excluding tert-OH is 1. The summed E-state index contributed by atoms with van der Waals surface area (Å²) in [6.07, 6.45) is 6.73. The van der Waals surface area contributed by atoms with Crippen molar-refractivity contribution in [2.75, 3.05) is 13.6 Å². The van der Waals surface area contributed by atoms with E-state index in [1.165, 1.54) is 5.57 Å². The standard InChI is InChI=1S/C19H22NO4/c1-10(21)19(23)6-5-11-9-13-12-3-4-14(22)16-18(12,7-8-20(13)2)15(11)17(19)24-16/h3-5,12-14,16,22-23H,1,6-9H2,2H3/t12-,13+,14-,16-,18-,19?/m0/s1. The van der Waals surface area contributed by atoms with Gasteiger partial charge in [-0.2, -0.15) is 0 Å². The van der Waals surface area contributed by atoms with Crippen molar-refractivity contribution < 1.29 is 19.7 Å². The number of ketones is 1. The van der Waals surface area contributed by atoms with E-state index in [1.54, 1.807) is 0 Å². The van der Waals surface area contributed by atoms with Gasteiger partial charge in [0, 0.05) is 36.3 Å². The van der Waals surface area contributed by atoms with Gasteiger partial charge in [-0.1, -0.05) is 18.2 Å². The Balaban J connectivity index is 1.77. The van der Waals surface area contributed by atoms with Crippen molar-refractivity contribution in [2.24, 2.45) is 11.3 Å². The molecule has 24 heavy (non-hydrogen) atoms. The number of hydrogen-bond donors (Lipinski definition) is 2. The number of carbonyl (C=O) groups excluding carboxylic acids is 1. The van der Waals surface area contributed by atoms with Crippen LogP contribution in [0.15, 0.2) is 35.1 Å². The van der Waals surface area contributed by atoms with Crippen LogP contribution in [0.3, 0.4) is 0 Å². The van der Waals surface area contributed by atoms with Gasteiger partial charge in [0.15, 0.2) is 11.4 Å². The summed E-state index contributed by atoms with van der Waals surface area (Å²) in [5.74, 6) is 0.0571. The lowest BCUT2D eigenvalue weighted by molar-refractivity contribution is -0.136. The molecule has 127 valence electrons. The molecule has 2 N–H and O–H groups in total. The van der Waals surface area contributed by atoms with Gasteiger partial charge in [0.05, 0.1) is 0 Å². The van der Waals surface area contributed by atoms with Crippen LogP contribution in [0.2, 0.25) is 0 Å². The molecule has 2 heterocycles. The quantitative estimate of drug-likeness (QED) is 0.695. The maximum Gasteiger partial charge on any atom is 0.183 e. The van der Waals surface area contributed by atoms with Gasteiger partial charge in [-0.3, -0.25) is 4.79 Å². The Morgan fingerprint density at radius 2 is 2.25 bits per heavy atom. The van der Waals surface area contributed by atoms with Crippen LogP contribution >= 0.6 is 0 Å². The summed E-state index contributed by atoms with van der Waals surface area (Å²) >= 11 is 0. The van der Waals surface area contributed by atoms with Crippen LogP contribution in [0.4, 0.5) is 0 Å². The summed E-state index contributed by atoms with van der Waals surface area (Å²) < 4.78 is 6.16. The molecule has 5 heteroatoms. The summed E-state index contributed by atoms with van der Waals surface area (Å²) in [5, 5.41) is 21.6. The van der Waals surface area contributed by atoms with Crippen molar-refractivity contribution in [1.82, 2.24) is 4.90 Å². The average molecular weight is 328 g/mol. The molecule has 3 aliphatic carbocycles. The van der Waals surface area contributed by atoms with Crippen LogP contribution in [-0.4, -0.2) is 58.3 Å². The highest BCUT2D eigenvalue weighted by Gasteiger charge is 2.67. The van der Waals surface area contributed by atoms with E-state index in [-0.39, 0.29) is 17.8 Å². The summed E-state index contributed by atoms with van der Waals surface area (Å²) in [5.41, 5.74) is 0.129. The van der Waals surface area contributed by atoms with Crippen molar-refractivity contribution in [2.45, 2.75) is 43.1 Å². The summed E-state index contributed by atoms with van der Waals surface area (Å²) in [7, 11) is 2.15. The molecule has 6 atom stereocenters. The monoisotopic (exact) mass is 328 g/mol. The SMILES string of the molecule is [CH2]C(=O)C1(O)CC=C2C[C@@H]3[C@@H]4C=C[C@H](O)[C@@H]5OC1=C2[C@]45CCN3C. The molecule has 5 rings (SSSR count). The summed E-state index contributed by atoms with van der Waals surface area (Å²) in [6.45, 7) is 4.38. The molecule has 0 aromatic carbocycles. The summed E-state index contributed by atoms with van der Waals surface area (Å²) in [4.78, 5) is 14.5. The maximum atomic E-state index is 12.1. The second kappa shape index (κ2) is 4.40. The second-order valence-electron chi connectivity index (χ2n) is 7.90. The molecule has 1 unspecified atom stereocenters. The fourth-order valence-electron chi connectivity index (χ4n) is 5.74. The van der Waals surface area contributed by atoms with E-state index in [0.29, 0.717) is 11.8 Å². The number of aliphatic hydroxyl groups is 2. The topological polar surface area (TPSA) is 70.0 Å². The lowest BCUT2D eigenvalue weighted by Crippen LogP contribution is -2.62. The zero-order valence-corrected chi connectivity index (χ0v) is 13.7. The molecule has 1 saturated heterocycles. The van der Waals surface area contributed by atoms with Crippen molar-refractivity contribution in [3.63, 3.8) is 0 Å². The third-order valence-corrected chi connectivity index (χ3v) is 6.96. The minimum Gasteiger partial charge on any atom is -0.487 e. The van der Waals surface area contributed by atoms with Gasteiger partial charge in [-0.25, -0.2) is 0 Å². The molecule has 5 nitrogen and oxygen atoms in total. The number of piperidine rings is 1. The first-order valence-electron chi connectivity index (χ1n) is 8.66. The van der Waals surface area contributed by atoms with Crippen LogP contribution in [-0.2, 0) is 9.53 Å². The number of rotatable bonds is 1. The Morgan fingerprint density at radius 3 is 3.00 bits per heavy atom. The smallest absolute Gasteiger partial charge is 0.183 e. The first-order chi connectivity index (χ1) is 11.4. The van der Waals surface area contributed by atoms with Crippen LogP contribution in [0.25, 0.3) is 0 Å². The molecule has 1 saturated carbocycles. The molecule has 2 bridgehead atoms. The van der Waals surface area contributed by atoms with Crippen LogP contribution in [0.5, 0.6) is 0 Å². The number of nitrogens with zero attached hydrogens (tertiary/aromatic N) is 1. The second-order valence-corrected chi connectivity index (χ2v) is 7.90. The van der Waals surface area contributed by atoms with Gasteiger partial charge >= 0.3 is 0 Å². The first-order valence-corrected chi connectivity index (χ1v) is 8.66. The van der Waals surface area contributed by atoms with E-state index in [4.69, 9.17) is 4.74 Å². The Kier molecular flexibility index (Phi) is 2.72. The minimum atomic E-state index is -1.69. The predicted octanol–water partition coefficient (Wildman–Crippen LogP) is 0.745. The number of hydrogen-bond acceptors (Lipinski definition) is 5. The molecule has 0 amide bonds. The fraction of sp³-hybridized carbons (Fsp3) is 0.579. The highest BCUT2D eigenvalue weighted by Crippen LogP contribution is 2.65. The van der Waals surface area contributed by atoms with Crippen molar-refractivity contribution in [3.8, 4) is 0 Å². The predicted molar refractivity (Wildman–Crippen MR) is 86.6 cm³/mol. The van der Waals surface area contributed by atoms with E-state index in [9.17, 15) is 15.0 Å². The highest BCUT2D eigenvalue weighted by molar-refractivity contribution is 5.94. The molecular weight excluding hydrogens is 306 g/mol. The molecule has 1 radical (unpaired) electrons. The molecule has 1 spiro atoms. The Morgan fingerprint density at radius 1 is 1.46 bits per heavy atom. The van der Waals surface area contributed by atoms with Crippen LogP contribution in [0.1, 0.15) is 19.3 Å². The van der Waals surface area contributed by atoms with E-state index in [1.807, 2.05) is 12.2 Å². The minimum absolute atomic E-state index is 0.205. The fourth-order valence-corrected chi connectivity index (χ4v) is 5.74. The zero-order chi connectivity index (χ0) is 16.9. The lowest BCUT2D eigenvalue weighted by atomic mass is 9.51. The number of likely N-dealkylation sites (tertiary alicyclic amines) is 1. The zero-order valence-electron chi connectivity index (χ0n) is 13.7. The van der Waals surface area contributed by atoms with E-state index >= 15 is 0 Å². The molecule has 0 aromatic heterocycles.